The molecule has 1 saturated heterocycles. The van der Waals surface area contributed by atoms with Crippen LogP contribution in [0.15, 0.2) is 30.3 Å². The van der Waals surface area contributed by atoms with Gasteiger partial charge in [-0.15, -0.1) is 0 Å². The third-order valence-corrected chi connectivity index (χ3v) is 5.50. The fourth-order valence-corrected chi connectivity index (χ4v) is 3.68. The zero-order valence-electron chi connectivity index (χ0n) is 18.5. The monoisotopic (exact) mass is 461 g/mol. The molecule has 0 bridgehead atoms. The molecule has 1 aromatic rings. The highest BCUT2D eigenvalue weighted by Crippen LogP contribution is 2.19. The molecule has 33 heavy (non-hydrogen) atoms. The van der Waals surface area contributed by atoms with Gasteiger partial charge in [-0.2, -0.15) is 0 Å². The largest absolute Gasteiger partial charge is 0.480 e. The molecule has 0 spiro atoms. The molecule has 4 unspecified atom stereocenters. The first kappa shape index (κ1) is 25.8. The maximum Gasteiger partial charge on any atom is 0.326 e. The molecule has 0 radical (unpaired) electrons. The standard InChI is InChI=1S/C22H31N5O6/c1-13(25-19(29)15(23)9-10-18(24)28)21(31)27-11-5-8-17(27)20(30)26-16(22(32)33)12-14-6-3-2-4-7-14/h2-4,6-7,13,15-17H,5,8-12,23H2,1H3,(H2,24,28)(H,25,29)(H,26,30)(H,32,33). The average molecular weight is 462 g/mol. The van der Waals surface area contributed by atoms with Crippen molar-refractivity contribution in [2.24, 2.45) is 11.5 Å². The summed E-state index contributed by atoms with van der Waals surface area (Å²) < 4.78 is 0. The van der Waals surface area contributed by atoms with Gasteiger partial charge in [-0.1, -0.05) is 30.3 Å². The van der Waals surface area contributed by atoms with E-state index in [2.05, 4.69) is 10.6 Å². The number of hydrogen-bond donors (Lipinski definition) is 5. The number of primary amides is 1. The van der Waals surface area contributed by atoms with Gasteiger partial charge < -0.3 is 32.1 Å². The van der Waals surface area contributed by atoms with E-state index in [1.54, 1.807) is 24.3 Å². The number of nitrogens with one attached hydrogen (secondary N) is 2. The Morgan fingerprint density at radius 3 is 2.42 bits per heavy atom. The van der Waals surface area contributed by atoms with Crippen molar-refractivity contribution in [3.63, 3.8) is 0 Å². The molecule has 1 fully saturated rings. The van der Waals surface area contributed by atoms with Gasteiger partial charge in [-0.25, -0.2) is 4.79 Å². The normalized spacial score (nSPS) is 18.1. The second kappa shape index (κ2) is 12.0. The first-order valence-corrected chi connectivity index (χ1v) is 10.8. The molecule has 1 heterocycles. The predicted molar refractivity (Wildman–Crippen MR) is 118 cm³/mol. The van der Waals surface area contributed by atoms with E-state index in [1.165, 1.54) is 11.8 Å². The van der Waals surface area contributed by atoms with Gasteiger partial charge in [0.25, 0.3) is 0 Å². The molecule has 0 aliphatic carbocycles. The molecule has 1 aliphatic heterocycles. The van der Waals surface area contributed by atoms with Gasteiger partial charge in [0.2, 0.25) is 23.6 Å². The highest BCUT2D eigenvalue weighted by Gasteiger charge is 2.38. The van der Waals surface area contributed by atoms with Crippen molar-refractivity contribution in [3.05, 3.63) is 35.9 Å². The minimum Gasteiger partial charge on any atom is -0.480 e. The first-order chi connectivity index (χ1) is 15.6. The minimum absolute atomic E-state index is 0.0504. The number of nitrogens with zero attached hydrogens (tertiary/aromatic N) is 1. The SMILES string of the molecule is CC(NC(=O)C(N)CCC(N)=O)C(=O)N1CCCC1C(=O)NC(Cc1ccccc1)C(=O)O. The molecular formula is C22H31N5O6. The summed E-state index contributed by atoms with van der Waals surface area (Å²) in [5, 5.41) is 14.6. The molecule has 11 heteroatoms. The Bertz CT molecular complexity index is 877. The number of aliphatic carboxylic acids is 1. The Morgan fingerprint density at radius 1 is 1.15 bits per heavy atom. The van der Waals surface area contributed by atoms with E-state index in [0.717, 1.165) is 5.56 Å². The van der Waals surface area contributed by atoms with E-state index < -0.39 is 53.8 Å². The van der Waals surface area contributed by atoms with E-state index in [1.807, 2.05) is 6.07 Å². The third kappa shape index (κ3) is 7.56. The lowest BCUT2D eigenvalue weighted by Crippen LogP contribution is -2.56. The topological polar surface area (TPSA) is 185 Å². The predicted octanol–water partition coefficient (Wildman–Crippen LogP) is -1.11. The number of carbonyl (C=O) groups excluding carboxylic acids is 4. The third-order valence-electron chi connectivity index (χ3n) is 5.50. The van der Waals surface area contributed by atoms with Gasteiger partial charge in [-0.3, -0.25) is 19.2 Å². The maximum atomic E-state index is 12.9. The van der Waals surface area contributed by atoms with Crippen LogP contribution in [0.1, 0.15) is 38.2 Å². The van der Waals surface area contributed by atoms with Crippen LogP contribution in [0.2, 0.25) is 0 Å². The lowest BCUT2D eigenvalue weighted by molar-refractivity contribution is -0.144. The molecule has 7 N–H and O–H groups in total. The smallest absolute Gasteiger partial charge is 0.326 e. The van der Waals surface area contributed by atoms with Gasteiger partial charge in [0.1, 0.15) is 18.1 Å². The summed E-state index contributed by atoms with van der Waals surface area (Å²) in [5.74, 6) is -3.39. The molecule has 2 rings (SSSR count). The van der Waals surface area contributed by atoms with Gasteiger partial charge in [0.15, 0.2) is 0 Å². The number of nitrogens with two attached hydrogens (primary N) is 2. The summed E-state index contributed by atoms with van der Waals surface area (Å²) in [5.41, 5.74) is 11.5. The molecule has 180 valence electrons. The van der Waals surface area contributed by atoms with Crippen molar-refractivity contribution >= 4 is 29.6 Å². The van der Waals surface area contributed by atoms with E-state index in [-0.39, 0.29) is 19.3 Å². The Labute approximate surface area is 191 Å². The summed E-state index contributed by atoms with van der Waals surface area (Å²) in [4.78, 5) is 61.8. The van der Waals surface area contributed by atoms with E-state index in [9.17, 15) is 29.1 Å². The van der Waals surface area contributed by atoms with E-state index >= 15 is 0 Å². The molecule has 0 aromatic heterocycles. The van der Waals surface area contributed by atoms with E-state index in [0.29, 0.717) is 19.4 Å². The summed E-state index contributed by atoms with van der Waals surface area (Å²) in [6, 6.07) is 4.98. The van der Waals surface area contributed by atoms with Crippen LogP contribution >= 0.6 is 0 Å². The van der Waals surface area contributed by atoms with Crippen molar-refractivity contribution in [3.8, 4) is 0 Å². The number of carboxylic acids is 1. The van der Waals surface area contributed by atoms with Gasteiger partial charge in [0, 0.05) is 19.4 Å². The average Bonchev–Trinajstić information content (AvgIpc) is 3.26. The number of carboxylic acid groups (broad SMARTS) is 1. The lowest BCUT2D eigenvalue weighted by Gasteiger charge is -2.28. The number of rotatable bonds is 11. The minimum atomic E-state index is -1.17. The number of hydrogen-bond acceptors (Lipinski definition) is 6. The summed E-state index contributed by atoms with van der Waals surface area (Å²) in [6.45, 7) is 1.78. The van der Waals surface area contributed by atoms with Crippen molar-refractivity contribution in [1.29, 1.82) is 0 Å². The highest BCUT2D eigenvalue weighted by atomic mass is 16.4. The van der Waals surface area contributed by atoms with Gasteiger partial charge >= 0.3 is 5.97 Å². The Hall–Kier alpha value is -3.47. The summed E-state index contributed by atoms with van der Waals surface area (Å²) in [7, 11) is 0. The van der Waals surface area contributed by atoms with Crippen LogP contribution in [-0.2, 0) is 30.4 Å². The van der Waals surface area contributed by atoms with Crippen LogP contribution in [0.5, 0.6) is 0 Å². The number of benzene rings is 1. The molecule has 0 saturated carbocycles. The van der Waals surface area contributed by atoms with Crippen LogP contribution < -0.4 is 22.1 Å². The van der Waals surface area contributed by atoms with Gasteiger partial charge in [-0.05, 0) is 31.7 Å². The molecule has 4 atom stereocenters. The lowest BCUT2D eigenvalue weighted by atomic mass is 10.1. The second-order valence-corrected chi connectivity index (χ2v) is 8.12. The molecule has 11 nitrogen and oxygen atoms in total. The highest BCUT2D eigenvalue weighted by molar-refractivity contribution is 5.94. The zero-order valence-corrected chi connectivity index (χ0v) is 18.5. The second-order valence-electron chi connectivity index (χ2n) is 8.12. The summed E-state index contributed by atoms with van der Waals surface area (Å²) >= 11 is 0. The number of amides is 4. The zero-order chi connectivity index (χ0) is 24.5. The summed E-state index contributed by atoms with van der Waals surface area (Å²) in [6.07, 6.45) is 1.05. The number of carbonyl (C=O) groups is 5. The van der Waals surface area contributed by atoms with Crippen molar-refractivity contribution < 1.29 is 29.1 Å². The van der Waals surface area contributed by atoms with Crippen LogP contribution in [0, 0.1) is 0 Å². The fraction of sp³-hybridized carbons (Fsp3) is 0.500. The quantitative estimate of drug-likeness (QED) is 0.276. The molecule has 4 amide bonds. The Kier molecular flexibility index (Phi) is 9.34. The van der Waals surface area contributed by atoms with Crippen molar-refractivity contribution in [1.82, 2.24) is 15.5 Å². The Balaban J connectivity index is 1.97. The fourth-order valence-electron chi connectivity index (χ4n) is 3.68. The maximum absolute atomic E-state index is 12.9. The van der Waals surface area contributed by atoms with Gasteiger partial charge in [0.05, 0.1) is 6.04 Å². The molecular weight excluding hydrogens is 430 g/mol. The first-order valence-electron chi connectivity index (χ1n) is 10.8. The molecule has 1 aromatic carbocycles. The van der Waals surface area contributed by atoms with Crippen molar-refractivity contribution in [2.75, 3.05) is 6.54 Å². The van der Waals surface area contributed by atoms with Crippen LogP contribution in [0.4, 0.5) is 0 Å². The van der Waals surface area contributed by atoms with Crippen LogP contribution in [-0.4, -0.2) is 70.3 Å². The van der Waals surface area contributed by atoms with Crippen molar-refractivity contribution in [2.45, 2.75) is 63.2 Å². The van der Waals surface area contributed by atoms with E-state index in [4.69, 9.17) is 11.5 Å². The van der Waals surface area contributed by atoms with Crippen LogP contribution in [0.3, 0.4) is 0 Å². The van der Waals surface area contributed by atoms with Crippen LogP contribution in [0.25, 0.3) is 0 Å². The Morgan fingerprint density at radius 2 is 1.82 bits per heavy atom. The molecule has 1 aliphatic rings. The number of likely N-dealkylation sites (tertiary alicyclic amines) is 1.